The normalized spacial score (nSPS) is 22.4. The van der Waals surface area contributed by atoms with Crippen molar-refractivity contribution in [2.24, 2.45) is 11.7 Å². The fourth-order valence-electron chi connectivity index (χ4n) is 3.97. The van der Waals surface area contributed by atoms with Crippen LogP contribution in [0.15, 0.2) is 30.3 Å². The molecule has 23 heavy (non-hydrogen) atoms. The van der Waals surface area contributed by atoms with Gasteiger partial charge < -0.3 is 15.4 Å². The predicted molar refractivity (Wildman–Crippen MR) is 91.1 cm³/mol. The van der Waals surface area contributed by atoms with Crippen LogP contribution in [0.2, 0.25) is 0 Å². The van der Waals surface area contributed by atoms with E-state index in [1.165, 1.54) is 12.0 Å². The molecule has 1 aromatic rings. The van der Waals surface area contributed by atoms with Gasteiger partial charge in [0.05, 0.1) is 0 Å². The smallest absolute Gasteiger partial charge is 0.251 e. The molecule has 1 saturated heterocycles. The minimum atomic E-state index is -0.245. The summed E-state index contributed by atoms with van der Waals surface area (Å²) in [4.78, 5) is 14.8. The van der Waals surface area contributed by atoms with Crippen molar-refractivity contribution in [2.45, 2.75) is 43.6 Å². The molecule has 1 amide bonds. The molecule has 126 valence electrons. The van der Waals surface area contributed by atoms with E-state index < -0.39 is 0 Å². The number of hydrogen-bond donors (Lipinski definition) is 1. The first-order valence-corrected chi connectivity index (χ1v) is 8.77. The van der Waals surface area contributed by atoms with Crippen LogP contribution in [0.5, 0.6) is 0 Å². The summed E-state index contributed by atoms with van der Waals surface area (Å²) in [6.45, 7) is 2.18. The molecule has 1 aromatic carbocycles. The number of amides is 1. The number of likely N-dealkylation sites (tertiary alicyclic amines) is 1. The van der Waals surface area contributed by atoms with Crippen LogP contribution >= 0.6 is 0 Å². The minimum absolute atomic E-state index is 0.0110. The summed E-state index contributed by atoms with van der Waals surface area (Å²) in [7, 11) is 1.67. The Kier molecular flexibility index (Phi) is 5.02. The van der Waals surface area contributed by atoms with E-state index >= 15 is 0 Å². The molecule has 2 N–H and O–H groups in total. The molecule has 0 aromatic heterocycles. The van der Waals surface area contributed by atoms with Crippen LogP contribution in [-0.4, -0.2) is 43.7 Å². The Balaban J connectivity index is 1.66. The standard InChI is InChI=1S/C19H28N2O2/c1-23-17(15-6-5-7-15)18(22)21-12-10-19(14-20,11-13-21)16-8-3-2-4-9-16/h2-4,8-9,15,17H,5-7,10-14,20H2,1H3. The SMILES string of the molecule is COC(C(=O)N1CCC(CN)(c2ccccc2)CC1)C1CCC1. The molecule has 3 rings (SSSR count). The Morgan fingerprint density at radius 2 is 1.96 bits per heavy atom. The van der Waals surface area contributed by atoms with Crippen LogP contribution in [0.1, 0.15) is 37.7 Å². The third-order valence-corrected chi connectivity index (χ3v) is 5.88. The first-order valence-electron chi connectivity index (χ1n) is 8.77. The zero-order valence-corrected chi connectivity index (χ0v) is 14.0. The van der Waals surface area contributed by atoms with Gasteiger partial charge in [-0.15, -0.1) is 0 Å². The second kappa shape index (κ2) is 7.02. The number of methoxy groups -OCH3 is 1. The molecule has 1 atom stereocenters. The monoisotopic (exact) mass is 316 g/mol. The maximum atomic E-state index is 12.8. The Bertz CT molecular complexity index is 519. The van der Waals surface area contributed by atoms with E-state index in [1.54, 1.807) is 7.11 Å². The van der Waals surface area contributed by atoms with E-state index in [-0.39, 0.29) is 17.4 Å². The Morgan fingerprint density at radius 3 is 2.43 bits per heavy atom. The van der Waals surface area contributed by atoms with Crippen molar-refractivity contribution in [3.63, 3.8) is 0 Å². The molecule has 0 radical (unpaired) electrons. The van der Waals surface area contributed by atoms with Crippen molar-refractivity contribution in [2.75, 3.05) is 26.7 Å². The summed E-state index contributed by atoms with van der Waals surface area (Å²) in [6.07, 6.45) is 5.08. The molecule has 2 fully saturated rings. The zero-order valence-electron chi connectivity index (χ0n) is 14.0. The van der Waals surface area contributed by atoms with Crippen molar-refractivity contribution in [3.05, 3.63) is 35.9 Å². The van der Waals surface area contributed by atoms with Gasteiger partial charge in [-0.3, -0.25) is 4.79 Å². The van der Waals surface area contributed by atoms with Crippen molar-refractivity contribution in [1.82, 2.24) is 4.90 Å². The minimum Gasteiger partial charge on any atom is -0.371 e. The molecular weight excluding hydrogens is 288 g/mol. The maximum absolute atomic E-state index is 12.8. The molecule has 1 saturated carbocycles. The second-order valence-electron chi connectivity index (χ2n) is 7.02. The highest BCUT2D eigenvalue weighted by atomic mass is 16.5. The zero-order chi connectivity index (χ0) is 16.3. The lowest BCUT2D eigenvalue weighted by atomic mass is 9.72. The van der Waals surface area contributed by atoms with Crippen LogP contribution in [0.3, 0.4) is 0 Å². The van der Waals surface area contributed by atoms with Crippen LogP contribution in [0, 0.1) is 5.92 Å². The highest BCUT2D eigenvalue weighted by molar-refractivity contribution is 5.81. The second-order valence-corrected chi connectivity index (χ2v) is 7.02. The average molecular weight is 316 g/mol. The van der Waals surface area contributed by atoms with Gasteiger partial charge in [0.2, 0.25) is 0 Å². The van der Waals surface area contributed by atoms with E-state index in [0.717, 1.165) is 38.8 Å². The number of carbonyl (C=O) groups is 1. The molecule has 1 heterocycles. The van der Waals surface area contributed by atoms with Gasteiger partial charge in [-0.05, 0) is 37.2 Å². The van der Waals surface area contributed by atoms with Crippen LogP contribution < -0.4 is 5.73 Å². The predicted octanol–water partition coefficient (Wildman–Crippen LogP) is 2.32. The molecule has 0 spiro atoms. The number of rotatable bonds is 5. The van der Waals surface area contributed by atoms with Crippen LogP contribution in [0.4, 0.5) is 0 Å². The number of nitrogens with two attached hydrogens (primary N) is 1. The number of benzene rings is 1. The molecular formula is C19H28N2O2. The van der Waals surface area contributed by atoms with Gasteiger partial charge in [-0.25, -0.2) is 0 Å². The highest BCUT2D eigenvalue weighted by Gasteiger charge is 2.40. The third kappa shape index (κ3) is 3.15. The van der Waals surface area contributed by atoms with E-state index in [2.05, 4.69) is 24.3 Å². The van der Waals surface area contributed by atoms with Gasteiger partial charge in [0, 0.05) is 32.2 Å². The summed E-state index contributed by atoms with van der Waals surface area (Å²) < 4.78 is 5.52. The number of ether oxygens (including phenoxy) is 1. The molecule has 1 aliphatic heterocycles. The van der Waals surface area contributed by atoms with Crippen LogP contribution in [0.25, 0.3) is 0 Å². The van der Waals surface area contributed by atoms with Gasteiger partial charge >= 0.3 is 0 Å². The maximum Gasteiger partial charge on any atom is 0.251 e. The van der Waals surface area contributed by atoms with E-state index in [4.69, 9.17) is 10.5 Å². The van der Waals surface area contributed by atoms with Crippen molar-refractivity contribution in [1.29, 1.82) is 0 Å². The van der Waals surface area contributed by atoms with Crippen molar-refractivity contribution in [3.8, 4) is 0 Å². The van der Waals surface area contributed by atoms with Gasteiger partial charge in [0.25, 0.3) is 5.91 Å². The fraction of sp³-hybridized carbons (Fsp3) is 0.632. The van der Waals surface area contributed by atoms with E-state index in [1.807, 2.05) is 11.0 Å². The first-order chi connectivity index (χ1) is 11.2. The Labute approximate surface area is 139 Å². The third-order valence-electron chi connectivity index (χ3n) is 5.88. The molecule has 4 heteroatoms. The van der Waals surface area contributed by atoms with E-state index in [0.29, 0.717) is 12.5 Å². The Morgan fingerprint density at radius 1 is 1.30 bits per heavy atom. The summed E-state index contributed by atoms with van der Waals surface area (Å²) in [6, 6.07) is 10.5. The summed E-state index contributed by atoms with van der Waals surface area (Å²) in [5.74, 6) is 0.596. The lowest BCUT2D eigenvalue weighted by molar-refractivity contribution is -0.149. The molecule has 2 aliphatic rings. The molecule has 4 nitrogen and oxygen atoms in total. The van der Waals surface area contributed by atoms with Gasteiger partial charge in [0.1, 0.15) is 6.10 Å². The molecule has 1 unspecified atom stereocenters. The first kappa shape index (κ1) is 16.5. The summed E-state index contributed by atoms with van der Waals surface area (Å²) in [5.41, 5.74) is 7.44. The lowest BCUT2D eigenvalue weighted by Gasteiger charge is -2.43. The summed E-state index contributed by atoms with van der Waals surface area (Å²) >= 11 is 0. The lowest BCUT2D eigenvalue weighted by Crippen LogP contribution is -2.52. The van der Waals surface area contributed by atoms with Gasteiger partial charge in [0.15, 0.2) is 0 Å². The molecule has 1 aliphatic carbocycles. The highest BCUT2D eigenvalue weighted by Crippen LogP contribution is 2.36. The van der Waals surface area contributed by atoms with Gasteiger partial charge in [-0.1, -0.05) is 36.8 Å². The van der Waals surface area contributed by atoms with Crippen LogP contribution in [-0.2, 0) is 14.9 Å². The average Bonchev–Trinajstić information content (AvgIpc) is 2.58. The number of carbonyl (C=O) groups excluding carboxylic acids is 1. The van der Waals surface area contributed by atoms with Gasteiger partial charge in [-0.2, -0.15) is 0 Å². The fourth-order valence-corrected chi connectivity index (χ4v) is 3.97. The van der Waals surface area contributed by atoms with Crippen molar-refractivity contribution < 1.29 is 9.53 Å². The number of hydrogen-bond acceptors (Lipinski definition) is 3. The topological polar surface area (TPSA) is 55.6 Å². The van der Waals surface area contributed by atoms with E-state index in [9.17, 15) is 4.79 Å². The Hall–Kier alpha value is -1.39. The quantitative estimate of drug-likeness (QED) is 0.907. The number of nitrogens with zero attached hydrogens (tertiary/aromatic N) is 1. The summed E-state index contributed by atoms with van der Waals surface area (Å²) in [5, 5.41) is 0. The molecule has 0 bridgehead atoms. The largest absolute Gasteiger partial charge is 0.371 e. The number of piperidine rings is 1. The van der Waals surface area contributed by atoms with Crippen molar-refractivity contribution >= 4 is 5.91 Å².